The molecule has 1 aromatic carbocycles. The van der Waals surface area contributed by atoms with Gasteiger partial charge in [0.25, 0.3) is 0 Å². The zero-order valence-electron chi connectivity index (χ0n) is 9.23. The van der Waals surface area contributed by atoms with Crippen LogP contribution in [0, 0.1) is 11.6 Å². The second-order valence-electron chi connectivity index (χ2n) is 4.05. The second-order valence-corrected chi connectivity index (χ2v) is 4.05. The fourth-order valence-corrected chi connectivity index (χ4v) is 2.39. The third kappa shape index (κ3) is 1.25. The van der Waals surface area contributed by atoms with Crippen molar-refractivity contribution in [3.63, 3.8) is 0 Å². The molecule has 0 spiro atoms. The molecule has 0 saturated heterocycles. The molecule has 0 aliphatic carbocycles. The number of carbonyl (C=O) groups is 1. The average molecular weight is 225 g/mol. The molecule has 1 heterocycles. The van der Waals surface area contributed by atoms with E-state index in [2.05, 4.69) is 5.32 Å². The Bertz CT molecular complexity index is 453. The first kappa shape index (κ1) is 11.0. The number of carbonyl (C=O) groups excluding carboxylic acids is 1. The summed E-state index contributed by atoms with van der Waals surface area (Å²) >= 11 is 0. The second kappa shape index (κ2) is 3.54. The first-order valence-electron chi connectivity index (χ1n) is 5.36. The van der Waals surface area contributed by atoms with Crippen LogP contribution >= 0.6 is 0 Å². The van der Waals surface area contributed by atoms with Gasteiger partial charge in [-0.1, -0.05) is 13.8 Å². The van der Waals surface area contributed by atoms with Gasteiger partial charge in [0, 0.05) is 6.07 Å². The molecule has 0 radical (unpaired) electrons. The van der Waals surface area contributed by atoms with Gasteiger partial charge in [-0.05, 0) is 24.5 Å². The lowest BCUT2D eigenvalue weighted by atomic mass is 9.77. The first-order chi connectivity index (χ1) is 7.55. The normalized spacial score (nSPS) is 17.1. The number of amides is 1. The number of hydrogen-bond acceptors (Lipinski definition) is 1. The Morgan fingerprint density at radius 3 is 2.44 bits per heavy atom. The van der Waals surface area contributed by atoms with E-state index < -0.39 is 17.0 Å². The highest BCUT2D eigenvalue weighted by Gasteiger charge is 2.45. The number of nitrogens with one attached hydrogen (secondary N) is 1. The lowest BCUT2D eigenvalue weighted by Gasteiger charge is -2.23. The van der Waals surface area contributed by atoms with Crippen LogP contribution in [0.1, 0.15) is 32.3 Å². The molecule has 1 aliphatic heterocycles. The molecule has 1 N–H and O–H groups in total. The summed E-state index contributed by atoms with van der Waals surface area (Å²) < 4.78 is 26.7. The van der Waals surface area contributed by atoms with Crippen molar-refractivity contribution in [2.24, 2.45) is 0 Å². The van der Waals surface area contributed by atoms with Gasteiger partial charge >= 0.3 is 0 Å². The van der Waals surface area contributed by atoms with Gasteiger partial charge < -0.3 is 5.32 Å². The smallest absolute Gasteiger partial charge is 0.235 e. The Morgan fingerprint density at radius 2 is 1.88 bits per heavy atom. The van der Waals surface area contributed by atoms with Gasteiger partial charge in [0.1, 0.15) is 11.6 Å². The van der Waals surface area contributed by atoms with Crippen molar-refractivity contribution in [1.82, 2.24) is 0 Å². The zero-order chi connectivity index (χ0) is 11.9. The summed E-state index contributed by atoms with van der Waals surface area (Å²) in [6.45, 7) is 3.70. The summed E-state index contributed by atoms with van der Waals surface area (Å²) in [5.74, 6) is -1.58. The van der Waals surface area contributed by atoms with Crippen LogP contribution in [0.25, 0.3) is 0 Å². The van der Waals surface area contributed by atoms with Gasteiger partial charge in [0.05, 0.1) is 11.1 Å². The quantitative estimate of drug-likeness (QED) is 0.823. The number of rotatable bonds is 2. The Labute approximate surface area is 92.7 Å². The first-order valence-corrected chi connectivity index (χ1v) is 5.36. The number of anilines is 1. The molecule has 86 valence electrons. The van der Waals surface area contributed by atoms with E-state index in [1.165, 1.54) is 6.07 Å². The Balaban J connectivity index is 2.69. The highest BCUT2D eigenvalue weighted by molar-refractivity contribution is 6.06. The topological polar surface area (TPSA) is 29.1 Å². The van der Waals surface area contributed by atoms with Crippen LogP contribution in [0.5, 0.6) is 0 Å². The molecule has 0 bridgehead atoms. The van der Waals surface area contributed by atoms with Gasteiger partial charge in [-0.3, -0.25) is 4.79 Å². The SMILES string of the molecule is CCC1(CC)C(=O)Nc2c(F)cc(F)cc21. The molecule has 1 amide bonds. The molecule has 2 rings (SSSR count). The maximum atomic E-state index is 13.5. The molecular formula is C12H13F2NO. The van der Waals surface area contributed by atoms with Gasteiger partial charge in [0.2, 0.25) is 5.91 Å². The maximum Gasteiger partial charge on any atom is 0.235 e. The van der Waals surface area contributed by atoms with Crippen molar-refractivity contribution in [2.75, 3.05) is 5.32 Å². The summed E-state index contributed by atoms with van der Waals surface area (Å²) in [4.78, 5) is 11.9. The molecule has 0 aromatic heterocycles. The van der Waals surface area contributed by atoms with Crippen molar-refractivity contribution >= 4 is 11.6 Å². The minimum Gasteiger partial charge on any atom is -0.323 e. The van der Waals surface area contributed by atoms with Crippen LogP contribution in [0.4, 0.5) is 14.5 Å². The summed E-state index contributed by atoms with van der Waals surface area (Å²) in [6.07, 6.45) is 1.07. The zero-order valence-corrected chi connectivity index (χ0v) is 9.23. The Kier molecular flexibility index (Phi) is 2.45. The van der Waals surface area contributed by atoms with Crippen LogP contribution in [-0.4, -0.2) is 5.91 Å². The Morgan fingerprint density at radius 1 is 1.25 bits per heavy atom. The summed E-state index contributed by atoms with van der Waals surface area (Å²) in [7, 11) is 0. The van der Waals surface area contributed by atoms with E-state index >= 15 is 0 Å². The summed E-state index contributed by atoms with van der Waals surface area (Å²) in [6, 6.07) is 2.05. The van der Waals surface area contributed by atoms with Crippen LogP contribution in [0.3, 0.4) is 0 Å². The molecule has 0 unspecified atom stereocenters. The van der Waals surface area contributed by atoms with E-state index in [0.29, 0.717) is 18.4 Å². The highest BCUT2D eigenvalue weighted by atomic mass is 19.1. The van der Waals surface area contributed by atoms with Crippen LogP contribution in [0.2, 0.25) is 0 Å². The van der Waals surface area contributed by atoms with Crippen molar-refractivity contribution in [3.05, 3.63) is 29.3 Å². The number of benzene rings is 1. The van der Waals surface area contributed by atoms with E-state index in [0.717, 1.165) is 6.07 Å². The molecular weight excluding hydrogens is 212 g/mol. The van der Waals surface area contributed by atoms with E-state index in [9.17, 15) is 13.6 Å². The molecule has 16 heavy (non-hydrogen) atoms. The van der Waals surface area contributed by atoms with Crippen molar-refractivity contribution in [3.8, 4) is 0 Å². The predicted octanol–water partition coefficient (Wildman–Crippen LogP) is 2.97. The molecule has 4 heteroatoms. The minimum absolute atomic E-state index is 0.134. The largest absolute Gasteiger partial charge is 0.323 e. The molecule has 1 aromatic rings. The van der Waals surface area contributed by atoms with E-state index in [1.54, 1.807) is 0 Å². The third-order valence-electron chi connectivity index (χ3n) is 3.45. The summed E-state index contributed by atoms with van der Waals surface area (Å²) in [5.41, 5.74) is -0.201. The number of fused-ring (bicyclic) bond motifs is 1. The standard InChI is InChI=1S/C12H13F2NO/c1-3-12(4-2)8-5-7(13)6-9(14)10(8)15-11(12)16/h5-6H,3-4H2,1-2H3,(H,15,16). The average Bonchev–Trinajstić information content (AvgIpc) is 2.52. The maximum absolute atomic E-state index is 13.5. The van der Waals surface area contributed by atoms with Crippen molar-refractivity contribution < 1.29 is 13.6 Å². The number of halogens is 2. The highest BCUT2D eigenvalue weighted by Crippen LogP contribution is 2.44. The molecule has 0 saturated carbocycles. The van der Waals surface area contributed by atoms with E-state index in [-0.39, 0.29) is 11.6 Å². The molecule has 0 fully saturated rings. The molecule has 0 atom stereocenters. The number of hydrogen-bond donors (Lipinski definition) is 1. The minimum atomic E-state index is -0.779. The lowest BCUT2D eigenvalue weighted by molar-refractivity contribution is -0.121. The Hall–Kier alpha value is -1.45. The van der Waals surface area contributed by atoms with Crippen molar-refractivity contribution in [1.29, 1.82) is 0 Å². The van der Waals surface area contributed by atoms with Gasteiger partial charge in [-0.2, -0.15) is 0 Å². The van der Waals surface area contributed by atoms with E-state index in [4.69, 9.17) is 0 Å². The third-order valence-corrected chi connectivity index (χ3v) is 3.45. The fraction of sp³-hybridized carbons (Fsp3) is 0.417. The van der Waals surface area contributed by atoms with Crippen molar-refractivity contribution in [2.45, 2.75) is 32.1 Å². The van der Waals surface area contributed by atoms with Gasteiger partial charge in [-0.15, -0.1) is 0 Å². The predicted molar refractivity (Wildman–Crippen MR) is 57.2 cm³/mol. The van der Waals surface area contributed by atoms with Gasteiger partial charge in [-0.25, -0.2) is 8.78 Å². The lowest BCUT2D eigenvalue weighted by Crippen LogP contribution is -2.32. The van der Waals surface area contributed by atoms with Crippen LogP contribution < -0.4 is 5.32 Å². The fourth-order valence-electron chi connectivity index (χ4n) is 2.39. The molecule has 2 nitrogen and oxygen atoms in total. The molecule has 1 aliphatic rings. The van der Waals surface area contributed by atoms with E-state index in [1.807, 2.05) is 13.8 Å². The summed E-state index contributed by atoms with van der Waals surface area (Å²) in [5, 5.41) is 2.51. The monoisotopic (exact) mass is 225 g/mol. The van der Waals surface area contributed by atoms with Crippen LogP contribution in [-0.2, 0) is 10.2 Å². The van der Waals surface area contributed by atoms with Gasteiger partial charge in [0.15, 0.2) is 0 Å². The van der Waals surface area contributed by atoms with Crippen LogP contribution in [0.15, 0.2) is 12.1 Å².